The highest BCUT2D eigenvalue weighted by molar-refractivity contribution is 7.07. The minimum atomic E-state index is -4.60. The molecule has 0 bridgehead atoms. The molecule has 0 aromatic carbocycles. The topological polar surface area (TPSA) is 55.3 Å². The van der Waals surface area contributed by atoms with Gasteiger partial charge < -0.3 is 9.64 Å². The smallest absolute Gasteiger partial charge is 0.452 e. The molecule has 0 saturated heterocycles. The molecule has 0 N–H and O–H groups in total. The van der Waals surface area contributed by atoms with Crippen LogP contribution in [0.3, 0.4) is 0 Å². The van der Waals surface area contributed by atoms with Crippen molar-refractivity contribution >= 4 is 17.4 Å². The first-order valence-corrected chi connectivity index (χ1v) is 5.97. The zero-order chi connectivity index (χ0) is 13.8. The van der Waals surface area contributed by atoms with Gasteiger partial charge in [-0.05, 0) is 13.8 Å². The molecule has 0 radical (unpaired) electrons. The second-order valence-corrected chi connectivity index (χ2v) is 3.95. The molecule has 5 nitrogen and oxygen atoms in total. The van der Waals surface area contributed by atoms with Gasteiger partial charge in [-0.15, -0.1) is 0 Å². The number of alkyl halides is 3. The van der Waals surface area contributed by atoms with Crippen LogP contribution in [0.4, 0.5) is 13.2 Å². The summed E-state index contributed by atoms with van der Waals surface area (Å²) in [5.74, 6) is -1.55. The number of carbonyl (C=O) groups excluding carboxylic acids is 1. The van der Waals surface area contributed by atoms with Crippen LogP contribution in [-0.4, -0.2) is 39.9 Å². The van der Waals surface area contributed by atoms with Crippen LogP contribution in [0, 0.1) is 0 Å². The van der Waals surface area contributed by atoms with E-state index in [1.54, 1.807) is 13.8 Å². The number of rotatable bonds is 5. The molecule has 18 heavy (non-hydrogen) atoms. The monoisotopic (exact) mass is 283 g/mol. The zero-order valence-electron chi connectivity index (χ0n) is 9.82. The average molecular weight is 283 g/mol. The van der Waals surface area contributed by atoms with Crippen molar-refractivity contribution in [3.05, 3.63) is 5.82 Å². The summed E-state index contributed by atoms with van der Waals surface area (Å²) in [6.07, 6.45) is -4.60. The van der Waals surface area contributed by atoms with Crippen molar-refractivity contribution in [1.29, 1.82) is 0 Å². The lowest BCUT2D eigenvalue weighted by atomic mass is 10.5. The first-order chi connectivity index (χ1) is 8.38. The van der Waals surface area contributed by atoms with Crippen molar-refractivity contribution in [2.24, 2.45) is 0 Å². The van der Waals surface area contributed by atoms with Gasteiger partial charge in [-0.2, -0.15) is 22.5 Å². The summed E-state index contributed by atoms with van der Waals surface area (Å²) >= 11 is 0.471. The van der Waals surface area contributed by atoms with Gasteiger partial charge in [-0.1, -0.05) is 0 Å². The SMILES string of the molecule is CCN(CC)C(=O)COc1nc(C(F)(F)F)ns1. The van der Waals surface area contributed by atoms with Crippen molar-refractivity contribution in [2.75, 3.05) is 19.7 Å². The summed E-state index contributed by atoms with van der Waals surface area (Å²) in [4.78, 5) is 16.2. The Balaban J connectivity index is 2.54. The third-order valence-electron chi connectivity index (χ3n) is 2.10. The lowest BCUT2D eigenvalue weighted by molar-refractivity contribution is -0.144. The Morgan fingerprint density at radius 3 is 2.44 bits per heavy atom. The quantitative estimate of drug-likeness (QED) is 0.827. The fourth-order valence-corrected chi connectivity index (χ4v) is 1.72. The van der Waals surface area contributed by atoms with Gasteiger partial charge in [-0.3, -0.25) is 4.79 Å². The molecule has 0 aliphatic heterocycles. The molecule has 0 atom stereocenters. The van der Waals surface area contributed by atoms with E-state index in [1.165, 1.54) is 4.90 Å². The van der Waals surface area contributed by atoms with E-state index in [0.29, 0.717) is 24.6 Å². The normalized spacial score (nSPS) is 11.4. The highest BCUT2D eigenvalue weighted by Crippen LogP contribution is 2.29. The molecule has 1 amide bonds. The molecule has 1 aromatic heterocycles. The first-order valence-electron chi connectivity index (χ1n) is 5.20. The van der Waals surface area contributed by atoms with Crippen molar-refractivity contribution in [3.8, 4) is 5.19 Å². The fourth-order valence-electron chi connectivity index (χ4n) is 1.17. The summed E-state index contributed by atoms with van der Waals surface area (Å²) in [6.45, 7) is 4.29. The van der Waals surface area contributed by atoms with Crippen LogP contribution in [0.1, 0.15) is 19.7 Å². The largest absolute Gasteiger partial charge is 0.459 e. The Kier molecular flexibility index (Phi) is 4.88. The van der Waals surface area contributed by atoms with Gasteiger partial charge in [0.15, 0.2) is 6.61 Å². The van der Waals surface area contributed by atoms with Crippen molar-refractivity contribution < 1.29 is 22.7 Å². The summed E-state index contributed by atoms with van der Waals surface area (Å²) in [6, 6.07) is 0. The van der Waals surface area contributed by atoms with Gasteiger partial charge in [-0.25, -0.2) is 0 Å². The number of hydrogen-bond donors (Lipinski definition) is 0. The first kappa shape index (κ1) is 14.7. The van der Waals surface area contributed by atoms with Gasteiger partial charge in [0.05, 0.1) is 0 Å². The fraction of sp³-hybridized carbons (Fsp3) is 0.667. The van der Waals surface area contributed by atoms with E-state index >= 15 is 0 Å². The molecule has 1 heterocycles. The Bertz CT molecular complexity index is 404. The molecular weight excluding hydrogens is 271 g/mol. The number of likely N-dealkylation sites (N-methyl/N-ethyl adjacent to an activating group) is 1. The van der Waals surface area contributed by atoms with E-state index in [-0.39, 0.29) is 17.7 Å². The molecule has 0 fully saturated rings. The molecule has 0 spiro atoms. The third kappa shape index (κ3) is 3.83. The van der Waals surface area contributed by atoms with Crippen LogP contribution in [-0.2, 0) is 11.0 Å². The van der Waals surface area contributed by atoms with E-state index < -0.39 is 12.0 Å². The molecule has 0 unspecified atom stereocenters. The van der Waals surface area contributed by atoms with Crippen molar-refractivity contribution in [2.45, 2.75) is 20.0 Å². The number of ether oxygens (including phenoxy) is 1. The molecule has 102 valence electrons. The van der Waals surface area contributed by atoms with Crippen molar-refractivity contribution in [1.82, 2.24) is 14.3 Å². The Hall–Kier alpha value is -1.38. The lowest BCUT2D eigenvalue weighted by Gasteiger charge is -2.17. The maximum atomic E-state index is 12.2. The minimum Gasteiger partial charge on any atom is -0.459 e. The van der Waals surface area contributed by atoms with Crippen LogP contribution < -0.4 is 4.74 Å². The molecule has 0 aliphatic carbocycles. The number of carbonyl (C=O) groups is 1. The van der Waals surface area contributed by atoms with Gasteiger partial charge >= 0.3 is 6.18 Å². The predicted octanol–water partition coefficient (Wildman–Crippen LogP) is 1.80. The van der Waals surface area contributed by atoms with Crippen LogP contribution in [0.2, 0.25) is 0 Å². The number of halogens is 3. The maximum Gasteiger partial charge on any atom is 0.452 e. The zero-order valence-corrected chi connectivity index (χ0v) is 10.6. The summed E-state index contributed by atoms with van der Waals surface area (Å²) in [5, 5.41) is -0.261. The van der Waals surface area contributed by atoms with Gasteiger partial charge in [0, 0.05) is 24.6 Å². The molecule has 0 aliphatic rings. The maximum absolute atomic E-state index is 12.2. The molecule has 1 rings (SSSR count). The second-order valence-electron chi connectivity index (χ2n) is 3.24. The van der Waals surface area contributed by atoms with E-state index in [0.717, 1.165) is 0 Å². The van der Waals surface area contributed by atoms with Crippen LogP contribution in [0.5, 0.6) is 5.19 Å². The highest BCUT2D eigenvalue weighted by atomic mass is 32.1. The van der Waals surface area contributed by atoms with Gasteiger partial charge in [0.2, 0.25) is 0 Å². The van der Waals surface area contributed by atoms with Crippen LogP contribution >= 0.6 is 11.5 Å². The van der Waals surface area contributed by atoms with Gasteiger partial charge in [0.25, 0.3) is 16.9 Å². The lowest BCUT2D eigenvalue weighted by Crippen LogP contribution is -2.34. The number of aromatic nitrogens is 2. The van der Waals surface area contributed by atoms with Crippen molar-refractivity contribution in [3.63, 3.8) is 0 Å². The summed E-state index contributed by atoms with van der Waals surface area (Å²) < 4.78 is 44.6. The number of amides is 1. The summed E-state index contributed by atoms with van der Waals surface area (Å²) in [7, 11) is 0. The molecule has 0 saturated carbocycles. The average Bonchev–Trinajstić information content (AvgIpc) is 2.76. The Morgan fingerprint density at radius 2 is 2.00 bits per heavy atom. The van der Waals surface area contributed by atoms with E-state index in [4.69, 9.17) is 4.74 Å². The van der Waals surface area contributed by atoms with E-state index in [9.17, 15) is 18.0 Å². The minimum absolute atomic E-state index is 0.261. The van der Waals surface area contributed by atoms with Gasteiger partial charge in [0.1, 0.15) is 0 Å². The molecule has 9 heteroatoms. The van der Waals surface area contributed by atoms with Crippen LogP contribution in [0.25, 0.3) is 0 Å². The second kappa shape index (κ2) is 5.98. The Morgan fingerprint density at radius 1 is 1.39 bits per heavy atom. The van der Waals surface area contributed by atoms with Crippen LogP contribution in [0.15, 0.2) is 0 Å². The van der Waals surface area contributed by atoms with E-state index in [2.05, 4.69) is 9.36 Å². The third-order valence-corrected chi connectivity index (χ3v) is 2.73. The standard InChI is InChI=1S/C9H12F3N3O2S/c1-3-15(4-2)6(16)5-17-8-13-7(14-18-8)9(10,11)12/h3-5H2,1-2H3. The summed E-state index contributed by atoms with van der Waals surface area (Å²) in [5.41, 5.74) is 0. The molecular formula is C9H12F3N3O2S. The predicted molar refractivity (Wildman–Crippen MR) is 58.3 cm³/mol. The highest BCUT2D eigenvalue weighted by Gasteiger charge is 2.36. The van der Waals surface area contributed by atoms with E-state index in [1.807, 2.05) is 0 Å². The number of nitrogens with zero attached hydrogens (tertiary/aromatic N) is 3. The Labute approximate surface area is 106 Å². The number of hydrogen-bond acceptors (Lipinski definition) is 5. The molecule has 1 aromatic rings.